The van der Waals surface area contributed by atoms with Crippen molar-refractivity contribution < 1.29 is 33.4 Å². The fraction of sp³-hybridized carbons (Fsp3) is 0.182. The number of esters is 1. The number of amides is 1. The van der Waals surface area contributed by atoms with E-state index in [0.29, 0.717) is 5.56 Å². The Balaban J connectivity index is 1.73. The molecule has 1 aromatic heterocycles. The van der Waals surface area contributed by atoms with Gasteiger partial charge in [-0.2, -0.15) is 0 Å². The van der Waals surface area contributed by atoms with Gasteiger partial charge in [-0.05, 0) is 22.4 Å². The number of furan rings is 1. The predicted molar refractivity (Wildman–Crippen MR) is 106 cm³/mol. The summed E-state index contributed by atoms with van der Waals surface area (Å²) in [6.45, 7) is 0. The van der Waals surface area contributed by atoms with E-state index in [0.717, 1.165) is 10.8 Å². The lowest BCUT2D eigenvalue weighted by Crippen LogP contribution is -2.44. The Hall–Kier alpha value is -3.94. The van der Waals surface area contributed by atoms with Gasteiger partial charge < -0.3 is 19.6 Å². The molecule has 2 N–H and O–H groups in total. The smallest absolute Gasteiger partial charge is 0.312 e. The van der Waals surface area contributed by atoms with E-state index in [1.54, 1.807) is 12.1 Å². The van der Waals surface area contributed by atoms with Crippen molar-refractivity contribution in [2.75, 3.05) is 0 Å². The fourth-order valence-electron chi connectivity index (χ4n) is 2.91. The highest BCUT2D eigenvalue weighted by Crippen LogP contribution is 2.19. The molecule has 0 saturated heterocycles. The molecule has 0 radical (unpaired) electrons. The van der Waals surface area contributed by atoms with Crippen LogP contribution in [0.15, 0.2) is 65.5 Å². The standard InChI is InChI=1S/C22H19NO7/c24-18(8-9-19(25)26)22(23-21(28)16-10-11-29-13-16)30-20(27)12-15-6-3-5-14-4-1-2-7-17(14)15/h1-7,10-11,13,22H,8-9,12H2,(H,23,28)(H,25,26). The second kappa shape index (κ2) is 9.51. The van der Waals surface area contributed by atoms with Crippen LogP contribution in [-0.2, 0) is 25.5 Å². The number of hydrogen-bond acceptors (Lipinski definition) is 6. The summed E-state index contributed by atoms with van der Waals surface area (Å²) < 4.78 is 10.0. The number of ether oxygens (including phenoxy) is 1. The minimum atomic E-state index is -1.60. The Morgan fingerprint density at radius 1 is 1.00 bits per heavy atom. The molecule has 1 amide bonds. The lowest BCUT2D eigenvalue weighted by Gasteiger charge is -2.18. The van der Waals surface area contributed by atoms with Crippen LogP contribution in [0.4, 0.5) is 0 Å². The number of carbonyl (C=O) groups excluding carboxylic acids is 3. The first-order valence-electron chi connectivity index (χ1n) is 9.17. The monoisotopic (exact) mass is 409 g/mol. The van der Waals surface area contributed by atoms with E-state index >= 15 is 0 Å². The molecule has 0 fully saturated rings. The molecule has 30 heavy (non-hydrogen) atoms. The zero-order valence-electron chi connectivity index (χ0n) is 15.9. The molecule has 0 aliphatic heterocycles. The first-order chi connectivity index (χ1) is 14.4. The number of nitrogens with one attached hydrogen (secondary N) is 1. The fourth-order valence-corrected chi connectivity index (χ4v) is 2.91. The van der Waals surface area contributed by atoms with Crippen molar-refractivity contribution in [3.05, 3.63) is 72.2 Å². The van der Waals surface area contributed by atoms with Gasteiger partial charge in [0, 0.05) is 6.42 Å². The van der Waals surface area contributed by atoms with E-state index in [4.69, 9.17) is 14.3 Å². The summed E-state index contributed by atoms with van der Waals surface area (Å²) in [7, 11) is 0. The maximum absolute atomic E-state index is 12.5. The Kier molecular flexibility index (Phi) is 6.59. The van der Waals surface area contributed by atoms with Gasteiger partial charge in [-0.25, -0.2) is 0 Å². The quantitative estimate of drug-likeness (QED) is 0.411. The van der Waals surface area contributed by atoms with Crippen LogP contribution in [0.25, 0.3) is 10.8 Å². The highest BCUT2D eigenvalue weighted by Gasteiger charge is 2.26. The van der Waals surface area contributed by atoms with Crippen LogP contribution in [0.2, 0.25) is 0 Å². The highest BCUT2D eigenvalue weighted by molar-refractivity contribution is 5.98. The van der Waals surface area contributed by atoms with Crippen molar-refractivity contribution in [3.63, 3.8) is 0 Å². The number of carboxylic acid groups (broad SMARTS) is 1. The summed E-state index contributed by atoms with van der Waals surface area (Å²) in [5, 5.41) is 12.9. The van der Waals surface area contributed by atoms with Crippen LogP contribution in [-0.4, -0.2) is 35.0 Å². The maximum Gasteiger partial charge on any atom is 0.312 e. The average molecular weight is 409 g/mol. The minimum absolute atomic E-state index is 0.119. The van der Waals surface area contributed by atoms with Gasteiger partial charge in [0.2, 0.25) is 6.23 Å². The molecule has 0 aliphatic carbocycles. The van der Waals surface area contributed by atoms with E-state index in [1.807, 2.05) is 30.3 Å². The number of carboxylic acids is 1. The molecular formula is C22H19NO7. The molecular weight excluding hydrogens is 390 g/mol. The van der Waals surface area contributed by atoms with Crippen molar-refractivity contribution in [2.24, 2.45) is 0 Å². The molecule has 8 nitrogen and oxygen atoms in total. The Morgan fingerprint density at radius 3 is 2.50 bits per heavy atom. The molecule has 3 rings (SSSR count). The molecule has 0 saturated carbocycles. The Bertz CT molecular complexity index is 1070. The molecule has 2 aromatic carbocycles. The van der Waals surface area contributed by atoms with Crippen molar-refractivity contribution in [3.8, 4) is 0 Å². The zero-order chi connectivity index (χ0) is 21.5. The summed E-state index contributed by atoms with van der Waals surface area (Å²) >= 11 is 0. The van der Waals surface area contributed by atoms with Gasteiger partial charge in [0.25, 0.3) is 5.91 Å². The largest absolute Gasteiger partial charge is 0.481 e. The van der Waals surface area contributed by atoms with Crippen molar-refractivity contribution in [1.82, 2.24) is 5.32 Å². The molecule has 1 atom stereocenters. The predicted octanol–water partition coefficient (Wildman–Crippen LogP) is 2.71. The van der Waals surface area contributed by atoms with E-state index in [2.05, 4.69) is 5.32 Å². The van der Waals surface area contributed by atoms with E-state index in [1.165, 1.54) is 18.6 Å². The van der Waals surface area contributed by atoms with Gasteiger partial charge in [0.05, 0.1) is 24.7 Å². The minimum Gasteiger partial charge on any atom is -0.481 e. The van der Waals surface area contributed by atoms with Gasteiger partial charge >= 0.3 is 11.9 Å². The maximum atomic E-state index is 12.5. The van der Waals surface area contributed by atoms with E-state index < -0.39 is 42.7 Å². The Morgan fingerprint density at radius 2 is 1.77 bits per heavy atom. The van der Waals surface area contributed by atoms with Crippen LogP contribution >= 0.6 is 0 Å². The summed E-state index contributed by atoms with van der Waals surface area (Å²) in [5.74, 6) is -3.31. The third-order valence-corrected chi connectivity index (χ3v) is 4.39. The number of benzene rings is 2. The molecule has 0 bridgehead atoms. The number of rotatable bonds is 9. The Labute approximate surface area is 171 Å². The number of fused-ring (bicyclic) bond motifs is 1. The van der Waals surface area contributed by atoms with Crippen molar-refractivity contribution in [1.29, 1.82) is 0 Å². The van der Waals surface area contributed by atoms with Gasteiger partial charge in [0.15, 0.2) is 5.78 Å². The molecule has 3 aromatic rings. The molecule has 1 heterocycles. The van der Waals surface area contributed by atoms with E-state index in [9.17, 15) is 19.2 Å². The number of ketones is 1. The third kappa shape index (κ3) is 5.32. The molecule has 8 heteroatoms. The number of Topliss-reactive ketones (excluding diaryl/α,β-unsaturated/α-hetero) is 1. The molecule has 0 spiro atoms. The summed E-state index contributed by atoms with van der Waals surface area (Å²) in [5.41, 5.74) is 0.840. The molecule has 1 unspecified atom stereocenters. The lowest BCUT2D eigenvalue weighted by molar-refractivity contribution is -0.156. The number of carbonyl (C=O) groups is 4. The van der Waals surface area contributed by atoms with Gasteiger partial charge in [0.1, 0.15) is 6.26 Å². The summed E-state index contributed by atoms with van der Waals surface area (Å²) in [6, 6.07) is 14.4. The third-order valence-electron chi connectivity index (χ3n) is 4.39. The molecule has 0 aliphatic rings. The van der Waals surface area contributed by atoms with Crippen LogP contribution in [0.3, 0.4) is 0 Å². The molecule has 154 valence electrons. The SMILES string of the molecule is O=C(O)CCC(=O)C(NC(=O)c1ccoc1)OC(=O)Cc1cccc2ccccc12. The number of hydrogen-bond donors (Lipinski definition) is 2. The van der Waals surface area contributed by atoms with Crippen molar-refractivity contribution in [2.45, 2.75) is 25.5 Å². The van der Waals surface area contributed by atoms with Gasteiger partial charge in [-0.1, -0.05) is 42.5 Å². The second-order valence-electron chi connectivity index (χ2n) is 6.53. The first kappa shape index (κ1) is 20.8. The van der Waals surface area contributed by atoms with Crippen LogP contribution in [0.5, 0.6) is 0 Å². The van der Waals surface area contributed by atoms with Crippen LogP contribution in [0.1, 0.15) is 28.8 Å². The van der Waals surface area contributed by atoms with E-state index in [-0.39, 0.29) is 12.0 Å². The van der Waals surface area contributed by atoms with Gasteiger partial charge in [-0.15, -0.1) is 0 Å². The normalized spacial score (nSPS) is 11.6. The summed E-state index contributed by atoms with van der Waals surface area (Å²) in [4.78, 5) is 47.9. The summed E-state index contributed by atoms with van der Waals surface area (Å²) in [6.07, 6.45) is -0.111. The second-order valence-corrected chi connectivity index (χ2v) is 6.53. The van der Waals surface area contributed by atoms with Crippen LogP contribution < -0.4 is 5.32 Å². The topological polar surface area (TPSA) is 123 Å². The van der Waals surface area contributed by atoms with Crippen LogP contribution in [0, 0.1) is 0 Å². The van der Waals surface area contributed by atoms with Gasteiger partial charge in [-0.3, -0.25) is 19.2 Å². The average Bonchev–Trinajstić information content (AvgIpc) is 3.27. The van der Waals surface area contributed by atoms with Crippen molar-refractivity contribution >= 4 is 34.4 Å². The number of aliphatic carboxylic acids is 1. The lowest BCUT2D eigenvalue weighted by atomic mass is 10.0. The highest BCUT2D eigenvalue weighted by atomic mass is 16.6. The first-order valence-corrected chi connectivity index (χ1v) is 9.17. The zero-order valence-corrected chi connectivity index (χ0v) is 15.9.